The molecular weight excluding hydrogens is 368 g/mol. The Kier molecular flexibility index (Phi) is 6.29. The molecule has 0 aliphatic heterocycles. The molecule has 3 N–H and O–H groups in total. The first-order valence-electron chi connectivity index (χ1n) is 9.32. The van der Waals surface area contributed by atoms with Gasteiger partial charge in [-0.05, 0) is 36.1 Å². The van der Waals surface area contributed by atoms with Gasteiger partial charge in [0, 0.05) is 11.1 Å². The molecule has 0 bridgehead atoms. The van der Waals surface area contributed by atoms with Crippen LogP contribution in [0.4, 0.5) is 0 Å². The highest BCUT2D eigenvalue weighted by Crippen LogP contribution is 2.28. The Bertz CT molecular complexity index is 1010. The normalized spacial score (nSPS) is 11.2. The molecule has 2 aromatic carbocycles. The summed E-state index contributed by atoms with van der Waals surface area (Å²) < 4.78 is 5.04. The molecule has 0 aliphatic carbocycles. The number of phenols is 1. The molecule has 0 atom stereocenters. The number of aromatic hydroxyl groups is 1. The van der Waals surface area contributed by atoms with Gasteiger partial charge in [0.1, 0.15) is 5.69 Å². The highest BCUT2D eigenvalue weighted by atomic mass is 16.5. The summed E-state index contributed by atoms with van der Waals surface area (Å²) in [7, 11) is 1.46. The van der Waals surface area contributed by atoms with Gasteiger partial charge in [0.25, 0.3) is 5.91 Å². The Morgan fingerprint density at radius 1 is 1.28 bits per heavy atom. The molecule has 7 heteroatoms. The fourth-order valence-electron chi connectivity index (χ4n) is 2.90. The quantitative estimate of drug-likeness (QED) is 0.421. The zero-order chi connectivity index (χ0) is 20.8. The average Bonchev–Trinajstić information content (AvgIpc) is 3.20. The topological polar surface area (TPSA) is 99.6 Å². The second-order valence-corrected chi connectivity index (χ2v) is 7.06. The van der Waals surface area contributed by atoms with Gasteiger partial charge in [-0.3, -0.25) is 9.89 Å². The predicted molar refractivity (Wildman–Crippen MR) is 112 cm³/mol. The van der Waals surface area contributed by atoms with Gasteiger partial charge in [0.2, 0.25) is 0 Å². The Morgan fingerprint density at radius 3 is 2.72 bits per heavy atom. The number of methoxy groups -OCH3 is 1. The summed E-state index contributed by atoms with van der Waals surface area (Å²) in [5.41, 5.74) is 6.01. The predicted octanol–water partition coefficient (Wildman–Crippen LogP) is 3.75. The fraction of sp³-hybridized carbons (Fsp3) is 0.227. The number of aromatic amines is 1. The first kappa shape index (κ1) is 20.1. The maximum Gasteiger partial charge on any atom is 0.289 e. The molecule has 1 heterocycles. The van der Waals surface area contributed by atoms with E-state index in [1.165, 1.54) is 18.9 Å². The maximum atomic E-state index is 12.3. The minimum absolute atomic E-state index is 0.0438. The number of hydrazone groups is 1. The van der Waals surface area contributed by atoms with Gasteiger partial charge in [-0.25, -0.2) is 5.43 Å². The number of benzene rings is 2. The van der Waals surface area contributed by atoms with Crippen LogP contribution in [0.2, 0.25) is 0 Å². The van der Waals surface area contributed by atoms with Gasteiger partial charge in [-0.15, -0.1) is 0 Å². The summed E-state index contributed by atoms with van der Waals surface area (Å²) in [6.45, 7) is 4.37. The van der Waals surface area contributed by atoms with Gasteiger partial charge in [0.15, 0.2) is 11.5 Å². The van der Waals surface area contributed by atoms with Crippen molar-refractivity contribution in [2.75, 3.05) is 7.11 Å². The molecule has 0 aliphatic rings. The summed E-state index contributed by atoms with van der Waals surface area (Å²) in [5, 5.41) is 20.8. The molecule has 3 rings (SSSR count). The molecule has 29 heavy (non-hydrogen) atoms. The van der Waals surface area contributed by atoms with E-state index in [9.17, 15) is 9.90 Å². The lowest BCUT2D eigenvalue weighted by Gasteiger charge is -2.05. The van der Waals surface area contributed by atoms with Crippen LogP contribution in [0.15, 0.2) is 53.6 Å². The lowest BCUT2D eigenvalue weighted by molar-refractivity contribution is 0.0950. The highest BCUT2D eigenvalue weighted by Gasteiger charge is 2.11. The monoisotopic (exact) mass is 392 g/mol. The van der Waals surface area contributed by atoms with Crippen LogP contribution in [0, 0.1) is 5.92 Å². The van der Waals surface area contributed by atoms with Crippen molar-refractivity contribution in [1.29, 1.82) is 0 Å². The van der Waals surface area contributed by atoms with Crippen molar-refractivity contribution < 1.29 is 14.6 Å². The van der Waals surface area contributed by atoms with E-state index >= 15 is 0 Å². The van der Waals surface area contributed by atoms with E-state index in [0.29, 0.717) is 28.6 Å². The first-order valence-corrected chi connectivity index (χ1v) is 9.32. The number of H-pyrrole nitrogens is 1. The number of hydrogen-bond acceptors (Lipinski definition) is 5. The third-order valence-corrected chi connectivity index (χ3v) is 4.34. The van der Waals surface area contributed by atoms with Crippen molar-refractivity contribution in [3.05, 3.63) is 65.4 Å². The Labute approximate surface area is 169 Å². The van der Waals surface area contributed by atoms with Gasteiger partial charge < -0.3 is 9.84 Å². The van der Waals surface area contributed by atoms with Crippen LogP contribution in [0.25, 0.3) is 11.3 Å². The molecule has 0 unspecified atom stereocenters. The lowest BCUT2D eigenvalue weighted by atomic mass is 10.0. The van der Waals surface area contributed by atoms with Crippen LogP contribution in [-0.2, 0) is 6.42 Å². The largest absolute Gasteiger partial charge is 0.504 e. The number of hydrogen-bond donors (Lipinski definition) is 3. The molecular formula is C22H24N4O3. The first-order chi connectivity index (χ1) is 14.0. The van der Waals surface area contributed by atoms with E-state index in [-0.39, 0.29) is 5.75 Å². The standard InChI is InChI=1S/C22H24N4O3/c1-14(2)11-15-7-9-16(10-8-15)18-12-19(25-24-18)22(28)26-23-13-17-5-4-6-20(29-3)21(17)27/h4-10,12-14,27H,11H2,1-3H3,(H,24,25)(H,26,28)/b23-13-. The van der Waals surface area contributed by atoms with E-state index in [1.54, 1.807) is 24.3 Å². The van der Waals surface area contributed by atoms with Gasteiger partial charge in [-0.1, -0.05) is 44.2 Å². The van der Waals surface area contributed by atoms with Crippen LogP contribution in [-0.4, -0.2) is 34.5 Å². The number of nitrogens with zero attached hydrogens (tertiary/aromatic N) is 2. The Morgan fingerprint density at radius 2 is 2.03 bits per heavy atom. The molecule has 0 spiro atoms. The van der Waals surface area contributed by atoms with Crippen molar-refractivity contribution in [2.24, 2.45) is 11.0 Å². The Balaban J connectivity index is 1.65. The van der Waals surface area contributed by atoms with Crippen LogP contribution in [0.1, 0.15) is 35.5 Å². The molecule has 150 valence electrons. The number of carbonyl (C=O) groups excluding carboxylic acids is 1. The zero-order valence-corrected chi connectivity index (χ0v) is 16.6. The lowest BCUT2D eigenvalue weighted by Crippen LogP contribution is -2.18. The molecule has 0 radical (unpaired) electrons. The molecule has 1 amide bonds. The number of rotatable bonds is 7. The number of para-hydroxylation sites is 1. The minimum atomic E-state index is -0.432. The number of phenolic OH excluding ortho intramolecular Hbond substituents is 1. The number of amides is 1. The van der Waals surface area contributed by atoms with Crippen molar-refractivity contribution in [2.45, 2.75) is 20.3 Å². The molecule has 0 saturated carbocycles. The summed E-state index contributed by atoms with van der Waals surface area (Å²) in [5.74, 6) is 0.454. The summed E-state index contributed by atoms with van der Waals surface area (Å²) in [6.07, 6.45) is 2.37. The number of aromatic nitrogens is 2. The van der Waals surface area contributed by atoms with E-state index in [0.717, 1.165) is 12.0 Å². The SMILES string of the molecule is COc1cccc(/C=N\NC(=O)c2cc(-c3ccc(CC(C)C)cc3)n[nH]2)c1O. The zero-order valence-electron chi connectivity index (χ0n) is 16.6. The van der Waals surface area contributed by atoms with Gasteiger partial charge in [-0.2, -0.15) is 10.2 Å². The fourth-order valence-corrected chi connectivity index (χ4v) is 2.90. The van der Waals surface area contributed by atoms with Crippen LogP contribution < -0.4 is 10.2 Å². The smallest absolute Gasteiger partial charge is 0.289 e. The van der Waals surface area contributed by atoms with E-state index in [4.69, 9.17) is 4.74 Å². The summed E-state index contributed by atoms with van der Waals surface area (Å²) >= 11 is 0. The van der Waals surface area contributed by atoms with Crippen molar-refractivity contribution in [3.63, 3.8) is 0 Å². The van der Waals surface area contributed by atoms with E-state index in [1.807, 2.05) is 12.1 Å². The molecule has 1 aromatic heterocycles. The number of carbonyl (C=O) groups is 1. The van der Waals surface area contributed by atoms with Crippen molar-refractivity contribution in [3.8, 4) is 22.8 Å². The third-order valence-electron chi connectivity index (χ3n) is 4.34. The van der Waals surface area contributed by atoms with Crippen molar-refractivity contribution in [1.82, 2.24) is 15.6 Å². The summed E-state index contributed by atoms with van der Waals surface area (Å²) in [4.78, 5) is 12.3. The average molecular weight is 392 g/mol. The van der Waals surface area contributed by atoms with E-state index < -0.39 is 5.91 Å². The van der Waals surface area contributed by atoms with Gasteiger partial charge in [0.05, 0.1) is 19.0 Å². The number of nitrogens with one attached hydrogen (secondary N) is 2. The number of ether oxygens (including phenoxy) is 1. The molecule has 3 aromatic rings. The summed E-state index contributed by atoms with van der Waals surface area (Å²) in [6, 6.07) is 14.8. The van der Waals surface area contributed by atoms with Crippen LogP contribution in [0.3, 0.4) is 0 Å². The van der Waals surface area contributed by atoms with Crippen molar-refractivity contribution >= 4 is 12.1 Å². The molecule has 7 nitrogen and oxygen atoms in total. The minimum Gasteiger partial charge on any atom is -0.504 e. The van der Waals surface area contributed by atoms with Gasteiger partial charge >= 0.3 is 0 Å². The maximum absolute atomic E-state index is 12.3. The second-order valence-electron chi connectivity index (χ2n) is 7.06. The van der Waals surface area contributed by atoms with Crippen LogP contribution in [0.5, 0.6) is 11.5 Å². The van der Waals surface area contributed by atoms with Crippen LogP contribution >= 0.6 is 0 Å². The van der Waals surface area contributed by atoms with E-state index in [2.05, 4.69) is 46.7 Å². The Hall–Kier alpha value is -3.61. The third kappa shape index (κ3) is 5.01. The highest BCUT2D eigenvalue weighted by molar-refractivity contribution is 5.94. The second kappa shape index (κ2) is 9.05. The molecule has 0 saturated heterocycles. The molecule has 0 fully saturated rings.